The Bertz CT molecular complexity index is 886. The molecule has 0 radical (unpaired) electrons. The quantitative estimate of drug-likeness (QED) is 0.463. The molecule has 0 atom stereocenters. The topological polar surface area (TPSA) is 72.0 Å². The van der Waals surface area contributed by atoms with Crippen molar-refractivity contribution in [2.75, 3.05) is 0 Å². The third kappa shape index (κ3) is 2.09. The summed E-state index contributed by atoms with van der Waals surface area (Å²) in [4.78, 5) is 6.47. The van der Waals surface area contributed by atoms with Crippen LogP contribution >= 0.6 is 0 Å². The Kier molecular flexibility index (Phi) is 2.82. The summed E-state index contributed by atoms with van der Waals surface area (Å²) in [6.07, 6.45) is 5.73. The highest BCUT2D eigenvalue weighted by atomic mass is 16.3. The minimum Gasteiger partial charge on any atom is -0.508 e. The van der Waals surface area contributed by atoms with Gasteiger partial charge in [0.15, 0.2) is 0 Å². The van der Waals surface area contributed by atoms with E-state index >= 15 is 0 Å². The zero-order valence-electron chi connectivity index (χ0n) is 11.9. The number of H-pyrrole nitrogens is 2. The molecule has 2 aromatic carbocycles. The van der Waals surface area contributed by atoms with Gasteiger partial charge in [0, 0.05) is 34.2 Å². The molecule has 22 heavy (non-hydrogen) atoms. The number of nitrogens with one attached hydrogen (secondary N) is 2. The molecule has 4 rings (SSSR count). The highest BCUT2D eigenvalue weighted by Gasteiger charge is 2.08. The number of fused-ring (bicyclic) bond motifs is 2. The van der Waals surface area contributed by atoms with E-state index in [-0.39, 0.29) is 11.5 Å². The van der Waals surface area contributed by atoms with Crippen LogP contribution in [0.3, 0.4) is 0 Å². The molecule has 0 fully saturated rings. The van der Waals surface area contributed by atoms with E-state index in [1.807, 2.05) is 24.5 Å². The summed E-state index contributed by atoms with van der Waals surface area (Å²) in [5.41, 5.74) is 4.43. The maximum Gasteiger partial charge on any atom is 0.116 e. The van der Waals surface area contributed by atoms with Crippen molar-refractivity contribution in [2.45, 2.75) is 12.8 Å². The maximum absolute atomic E-state index is 9.65. The van der Waals surface area contributed by atoms with Crippen LogP contribution in [0.15, 0.2) is 48.8 Å². The lowest BCUT2D eigenvalue weighted by molar-refractivity contribution is 0.475. The van der Waals surface area contributed by atoms with E-state index in [0.717, 1.165) is 34.6 Å². The van der Waals surface area contributed by atoms with Gasteiger partial charge in [-0.15, -0.1) is 0 Å². The van der Waals surface area contributed by atoms with Crippen LogP contribution in [0.1, 0.15) is 11.1 Å². The highest BCUT2D eigenvalue weighted by Crippen LogP contribution is 2.27. The molecule has 110 valence electrons. The number of aryl methyl sites for hydroxylation is 2. The van der Waals surface area contributed by atoms with Crippen LogP contribution in [0.4, 0.5) is 0 Å². The number of aromatic hydroxyl groups is 2. The van der Waals surface area contributed by atoms with E-state index in [4.69, 9.17) is 0 Å². The van der Waals surface area contributed by atoms with E-state index in [1.54, 1.807) is 24.3 Å². The Morgan fingerprint density at radius 3 is 1.59 bits per heavy atom. The normalized spacial score (nSPS) is 11.5. The van der Waals surface area contributed by atoms with Crippen molar-refractivity contribution in [3.63, 3.8) is 0 Å². The maximum atomic E-state index is 9.65. The predicted octanol–water partition coefficient (Wildman–Crippen LogP) is 3.85. The molecule has 0 spiro atoms. The average Bonchev–Trinajstić information content (AvgIpc) is 3.08. The zero-order chi connectivity index (χ0) is 15.1. The molecule has 4 N–H and O–H groups in total. The van der Waals surface area contributed by atoms with Crippen molar-refractivity contribution in [3.05, 3.63) is 59.9 Å². The summed E-state index contributed by atoms with van der Waals surface area (Å²) < 4.78 is 0. The fourth-order valence-electron chi connectivity index (χ4n) is 3.02. The van der Waals surface area contributed by atoms with Crippen LogP contribution in [0.2, 0.25) is 0 Å². The van der Waals surface area contributed by atoms with Gasteiger partial charge in [-0.3, -0.25) is 0 Å². The van der Waals surface area contributed by atoms with Crippen LogP contribution in [-0.4, -0.2) is 20.2 Å². The van der Waals surface area contributed by atoms with Gasteiger partial charge in [0.2, 0.25) is 0 Å². The molecule has 0 aliphatic rings. The zero-order valence-corrected chi connectivity index (χ0v) is 11.9. The highest BCUT2D eigenvalue weighted by molar-refractivity contribution is 5.86. The first-order valence-corrected chi connectivity index (χ1v) is 7.29. The number of phenolic OH excluding ortho intramolecular Hbond substituents is 2. The molecule has 2 heterocycles. The van der Waals surface area contributed by atoms with Crippen LogP contribution in [0, 0.1) is 0 Å². The molecule has 2 aromatic heterocycles. The second kappa shape index (κ2) is 4.84. The van der Waals surface area contributed by atoms with Crippen molar-refractivity contribution in [1.82, 2.24) is 9.97 Å². The first kappa shape index (κ1) is 12.8. The fourth-order valence-corrected chi connectivity index (χ4v) is 3.02. The van der Waals surface area contributed by atoms with Crippen molar-refractivity contribution in [1.29, 1.82) is 0 Å². The second-order valence-corrected chi connectivity index (χ2v) is 5.59. The van der Waals surface area contributed by atoms with Gasteiger partial charge in [-0.1, -0.05) is 0 Å². The summed E-state index contributed by atoms with van der Waals surface area (Å²) in [5, 5.41) is 21.4. The number of hydrogen-bond donors (Lipinski definition) is 4. The Hall–Kier alpha value is -2.88. The molecule has 4 aromatic rings. The number of phenols is 2. The minimum atomic E-state index is 0.283. The van der Waals surface area contributed by atoms with Gasteiger partial charge < -0.3 is 20.2 Å². The van der Waals surface area contributed by atoms with Crippen molar-refractivity contribution in [3.8, 4) is 11.5 Å². The Labute approximate surface area is 127 Å². The number of hydrogen-bond acceptors (Lipinski definition) is 2. The number of benzene rings is 2. The lowest BCUT2D eigenvalue weighted by atomic mass is 10.0. The molecule has 4 heteroatoms. The minimum absolute atomic E-state index is 0.283. The third-order valence-corrected chi connectivity index (χ3v) is 4.17. The summed E-state index contributed by atoms with van der Waals surface area (Å²) in [6, 6.07) is 10.7. The summed E-state index contributed by atoms with van der Waals surface area (Å²) in [6.45, 7) is 0. The molecular weight excluding hydrogens is 276 g/mol. The lowest BCUT2D eigenvalue weighted by Crippen LogP contribution is -1.89. The SMILES string of the molecule is Oc1ccc2[nH]cc(CCc3c[nH]c4ccc(O)cc34)c2c1. The smallest absolute Gasteiger partial charge is 0.116 e. The van der Waals surface area contributed by atoms with Crippen LogP contribution in [0.5, 0.6) is 11.5 Å². The van der Waals surface area contributed by atoms with Crippen molar-refractivity contribution in [2.24, 2.45) is 0 Å². The second-order valence-electron chi connectivity index (χ2n) is 5.59. The van der Waals surface area contributed by atoms with Crippen molar-refractivity contribution >= 4 is 21.8 Å². The van der Waals surface area contributed by atoms with Gasteiger partial charge in [0.25, 0.3) is 0 Å². The Balaban J connectivity index is 1.65. The molecular formula is C18H16N2O2. The average molecular weight is 292 g/mol. The largest absolute Gasteiger partial charge is 0.508 e. The fraction of sp³-hybridized carbons (Fsp3) is 0.111. The van der Waals surface area contributed by atoms with Crippen LogP contribution in [-0.2, 0) is 12.8 Å². The summed E-state index contributed by atoms with van der Waals surface area (Å²) in [7, 11) is 0. The monoisotopic (exact) mass is 292 g/mol. The standard InChI is InChI=1S/C18H16N2O2/c21-13-3-5-17-15(7-13)11(9-19-17)1-2-12-10-20-18-6-4-14(22)8-16(12)18/h3-10,19-22H,1-2H2. The predicted molar refractivity (Wildman–Crippen MR) is 87.3 cm³/mol. The molecule has 0 bridgehead atoms. The van der Waals surface area contributed by atoms with Gasteiger partial charge in [0.1, 0.15) is 11.5 Å². The van der Waals surface area contributed by atoms with E-state index in [9.17, 15) is 10.2 Å². The number of rotatable bonds is 3. The molecule has 0 amide bonds. The van der Waals surface area contributed by atoms with E-state index in [1.165, 1.54) is 11.1 Å². The summed E-state index contributed by atoms with van der Waals surface area (Å²) in [5.74, 6) is 0.565. The third-order valence-electron chi connectivity index (χ3n) is 4.17. The van der Waals surface area contributed by atoms with Gasteiger partial charge in [-0.05, 0) is 60.4 Å². The van der Waals surface area contributed by atoms with E-state index < -0.39 is 0 Å². The van der Waals surface area contributed by atoms with Crippen LogP contribution in [0.25, 0.3) is 21.8 Å². The van der Waals surface area contributed by atoms with Crippen LogP contribution < -0.4 is 0 Å². The van der Waals surface area contributed by atoms with Gasteiger partial charge in [-0.2, -0.15) is 0 Å². The summed E-state index contributed by atoms with van der Waals surface area (Å²) >= 11 is 0. The number of aromatic amines is 2. The van der Waals surface area contributed by atoms with Crippen molar-refractivity contribution < 1.29 is 10.2 Å². The molecule has 0 saturated carbocycles. The first-order valence-electron chi connectivity index (χ1n) is 7.29. The molecule has 4 nitrogen and oxygen atoms in total. The number of aromatic nitrogens is 2. The van der Waals surface area contributed by atoms with E-state index in [0.29, 0.717) is 0 Å². The molecule has 0 aliphatic carbocycles. The molecule has 0 saturated heterocycles. The van der Waals surface area contributed by atoms with Gasteiger partial charge >= 0.3 is 0 Å². The Morgan fingerprint density at radius 2 is 1.14 bits per heavy atom. The van der Waals surface area contributed by atoms with Gasteiger partial charge in [-0.25, -0.2) is 0 Å². The molecule has 0 unspecified atom stereocenters. The van der Waals surface area contributed by atoms with Gasteiger partial charge in [0.05, 0.1) is 0 Å². The lowest BCUT2D eigenvalue weighted by Gasteiger charge is -2.01. The Morgan fingerprint density at radius 1 is 0.682 bits per heavy atom. The molecule has 0 aliphatic heterocycles. The first-order chi connectivity index (χ1) is 10.7. The van der Waals surface area contributed by atoms with E-state index in [2.05, 4.69) is 9.97 Å².